The summed E-state index contributed by atoms with van der Waals surface area (Å²) >= 11 is 0. The van der Waals surface area contributed by atoms with Crippen LogP contribution >= 0.6 is 0 Å². The van der Waals surface area contributed by atoms with Gasteiger partial charge in [0, 0.05) is 12.7 Å². The molecule has 0 radical (unpaired) electrons. The van der Waals surface area contributed by atoms with E-state index in [1.54, 1.807) is 43.4 Å². The first-order valence-corrected chi connectivity index (χ1v) is 11.5. The molecule has 0 spiro atoms. The van der Waals surface area contributed by atoms with Crippen molar-refractivity contribution >= 4 is 17.6 Å². The minimum Gasteiger partial charge on any atom is -0.488 e. The van der Waals surface area contributed by atoms with Crippen LogP contribution in [0.15, 0.2) is 103 Å². The van der Waals surface area contributed by atoms with E-state index in [0.29, 0.717) is 41.5 Å². The molecule has 6 nitrogen and oxygen atoms in total. The monoisotopic (exact) mass is 481 g/mol. The number of nitrogens with zero attached hydrogens (tertiary/aromatic N) is 1. The van der Waals surface area contributed by atoms with Crippen molar-refractivity contribution in [3.63, 3.8) is 0 Å². The number of amides is 1. The molecule has 36 heavy (non-hydrogen) atoms. The van der Waals surface area contributed by atoms with Gasteiger partial charge in [-0.05, 0) is 47.5 Å². The van der Waals surface area contributed by atoms with Crippen molar-refractivity contribution < 1.29 is 23.8 Å². The summed E-state index contributed by atoms with van der Waals surface area (Å²) in [6.45, 7) is 0.613. The fraction of sp³-hybridized carbons (Fsp3) is 0.133. The van der Waals surface area contributed by atoms with Crippen molar-refractivity contribution in [2.24, 2.45) is 0 Å². The summed E-state index contributed by atoms with van der Waals surface area (Å²) < 4.78 is 17.0. The highest BCUT2D eigenvalue weighted by Crippen LogP contribution is 2.32. The summed E-state index contributed by atoms with van der Waals surface area (Å²) in [5.74, 6) is 0.110. The smallest absolute Gasteiger partial charge is 0.337 e. The van der Waals surface area contributed by atoms with Gasteiger partial charge in [0.25, 0.3) is 5.91 Å². The predicted molar refractivity (Wildman–Crippen MR) is 139 cm³/mol. The van der Waals surface area contributed by atoms with Crippen molar-refractivity contribution in [1.82, 2.24) is 0 Å². The van der Waals surface area contributed by atoms with Crippen LogP contribution in [0, 0.1) is 0 Å². The topological polar surface area (TPSA) is 65.1 Å². The summed E-state index contributed by atoms with van der Waals surface area (Å²) in [7, 11) is 3.00. The molecule has 6 heteroatoms. The maximum atomic E-state index is 13.8. The molecule has 0 aliphatic heterocycles. The largest absolute Gasteiger partial charge is 0.488 e. The summed E-state index contributed by atoms with van der Waals surface area (Å²) in [4.78, 5) is 27.0. The van der Waals surface area contributed by atoms with Gasteiger partial charge in [-0.1, -0.05) is 66.7 Å². The van der Waals surface area contributed by atoms with Crippen molar-refractivity contribution in [2.75, 3.05) is 19.1 Å². The fourth-order valence-electron chi connectivity index (χ4n) is 3.66. The Kier molecular flexibility index (Phi) is 7.98. The number of hydrogen-bond donors (Lipinski definition) is 0. The number of anilines is 1. The van der Waals surface area contributed by atoms with Crippen LogP contribution in [0.4, 0.5) is 5.69 Å². The number of rotatable bonds is 9. The Bertz CT molecular complexity index is 1240. The lowest BCUT2D eigenvalue weighted by Crippen LogP contribution is -2.27. The number of ether oxygens (including phenoxy) is 3. The molecule has 0 fully saturated rings. The Labute approximate surface area is 210 Å². The molecule has 0 bridgehead atoms. The molecular formula is C30H27NO5. The maximum absolute atomic E-state index is 13.8. The van der Waals surface area contributed by atoms with E-state index in [1.807, 2.05) is 66.7 Å². The second-order valence-electron chi connectivity index (χ2n) is 8.08. The number of hydrogen-bond acceptors (Lipinski definition) is 5. The van der Waals surface area contributed by atoms with Crippen molar-refractivity contribution in [3.8, 4) is 11.5 Å². The molecule has 4 aromatic rings. The Hall–Kier alpha value is -4.58. The highest BCUT2D eigenvalue weighted by Gasteiger charge is 2.24. The maximum Gasteiger partial charge on any atom is 0.337 e. The molecular weight excluding hydrogens is 454 g/mol. The summed E-state index contributed by atoms with van der Waals surface area (Å²) in [6.07, 6.45) is 0. The van der Waals surface area contributed by atoms with E-state index >= 15 is 0 Å². The lowest BCUT2D eigenvalue weighted by molar-refractivity contribution is 0.0600. The molecule has 4 rings (SSSR count). The molecule has 182 valence electrons. The third-order valence-electron chi connectivity index (χ3n) is 5.66. The third-order valence-corrected chi connectivity index (χ3v) is 5.66. The van der Waals surface area contributed by atoms with Crippen molar-refractivity contribution in [2.45, 2.75) is 13.2 Å². The minimum absolute atomic E-state index is 0.299. The Balaban J connectivity index is 1.63. The van der Waals surface area contributed by atoms with E-state index < -0.39 is 5.97 Å². The Morgan fingerprint density at radius 1 is 0.667 bits per heavy atom. The molecule has 0 N–H and O–H groups in total. The number of benzene rings is 4. The number of methoxy groups -OCH3 is 1. The molecule has 0 aliphatic carbocycles. The van der Waals surface area contributed by atoms with E-state index in [9.17, 15) is 9.59 Å². The first kappa shape index (κ1) is 24.5. The summed E-state index contributed by atoms with van der Waals surface area (Å²) in [6, 6.07) is 31.5. The van der Waals surface area contributed by atoms with Crippen LogP contribution in [0.2, 0.25) is 0 Å². The lowest BCUT2D eigenvalue weighted by Gasteiger charge is -2.22. The average Bonchev–Trinajstić information content (AvgIpc) is 2.95. The molecule has 0 saturated carbocycles. The quantitative estimate of drug-likeness (QED) is 0.278. The zero-order chi connectivity index (χ0) is 25.3. The standard InChI is InChI=1S/C30H27NO5/c1-31(25-18-16-24(17-19-25)30(33)34-2)29(32)28-26(35-20-22-10-5-3-6-11-22)14-9-15-27(28)36-21-23-12-7-4-8-13-23/h3-19H,20-21H2,1-2H3. The molecule has 0 aromatic heterocycles. The van der Waals surface area contributed by atoms with Gasteiger partial charge in [0.1, 0.15) is 30.3 Å². The molecule has 0 saturated heterocycles. The molecule has 0 atom stereocenters. The first-order chi connectivity index (χ1) is 17.6. The summed E-state index contributed by atoms with van der Waals surface area (Å²) in [5.41, 5.74) is 3.31. The lowest BCUT2D eigenvalue weighted by atomic mass is 10.1. The fourth-order valence-corrected chi connectivity index (χ4v) is 3.66. The van der Waals surface area contributed by atoms with Gasteiger partial charge in [-0.2, -0.15) is 0 Å². The van der Waals surface area contributed by atoms with E-state index in [-0.39, 0.29) is 5.91 Å². The van der Waals surface area contributed by atoms with E-state index in [4.69, 9.17) is 14.2 Å². The molecule has 0 unspecified atom stereocenters. The second-order valence-corrected chi connectivity index (χ2v) is 8.08. The second kappa shape index (κ2) is 11.7. The molecule has 4 aromatic carbocycles. The van der Waals surface area contributed by atoms with Crippen LogP contribution in [0.3, 0.4) is 0 Å². The highest BCUT2D eigenvalue weighted by molar-refractivity contribution is 6.09. The van der Waals surface area contributed by atoms with Gasteiger partial charge in [0.2, 0.25) is 0 Å². The normalized spacial score (nSPS) is 10.4. The van der Waals surface area contributed by atoms with Gasteiger partial charge >= 0.3 is 5.97 Å². The van der Waals surface area contributed by atoms with Crippen LogP contribution in [0.5, 0.6) is 11.5 Å². The van der Waals surface area contributed by atoms with Gasteiger partial charge < -0.3 is 19.1 Å². The van der Waals surface area contributed by atoms with Crippen molar-refractivity contribution in [3.05, 3.63) is 125 Å². The van der Waals surface area contributed by atoms with Crippen LogP contribution in [0.1, 0.15) is 31.8 Å². The van der Waals surface area contributed by atoms with Gasteiger partial charge in [-0.15, -0.1) is 0 Å². The Morgan fingerprint density at radius 2 is 1.17 bits per heavy atom. The Morgan fingerprint density at radius 3 is 1.64 bits per heavy atom. The SMILES string of the molecule is COC(=O)c1ccc(N(C)C(=O)c2c(OCc3ccccc3)cccc2OCc2ccccc2)cc1. The van der Waals surface area contributed by atoms with Crippen molar-refractivity contribution in [1.29, 1.82) is 0 Å². The highest BCUT2D eigenvalue weighted by atomic mass is 16.5. The zero-order valence-corrected chi connectivity index (χ0v) is 20.2. The van der Waals surface area contributed by atoms with Crippen LogP contribution in [0.25, 0.3) is 0 Å². The average molecular weight is 482 g/mol. The molecule has 1 amide bonds. The van der Waals surface area contributed by atoms with Gasteiger partial charge in [0.05, 0.1) is 12.7 Å². The summed E-state index contributed by atoms with van der Waals surface area (Å²) in [5, 5.41) is 0. The van der Waals surface area contributed by atoms with E-state index in [1.165, 1.54) is 12.0 Å². The van der Waals surface area contributed by atoms with Gasteiger partial charge in [-0.25, -0.2) is 4.79 Å². The van der Waals surface area contributed by atoms with Gasteiger partial charge in [-0.3, -0.25) is 4.79 Å². The molecule has 0 heterocycles. The van der Waals surface area contributed by atoms with Gasteiger partial charge in [0.15, 0.2) is 0 Å². The number of esters is 1. The molecule has 0 aliphatic rings. The minimum atomic E-state index is -0.438. The predicted octanol–water partition coefficient (Wildman–Crippen LogP) is 5.91. The van der Waals surface area contributed by atoms with Crippen LogP contribution in [-0.4, -0.2) is 26.0 Å². The number of carbonyl (C=O) groups is 2. The zero-order valence-electron chi connectivity index (χ0n) is 20.2. The third kappa shape index (κ3) is 5.91. The first-order valence-electron chi connectivity index (χ1n) is 11.5. The van der Waals surface area contributed by atoms with Crippen LogP contribution < -0.4 is 14.4 Å². The number of carbonyl (C=O) groups excluding carboxylic acids is 2. The van der Waals surface area contributed by atoms with E-state index in [0.717, 1.165) is 11.1 Å². The van der Waals surface area contributed by atoms with Crippen LogP contribution in [-0.2, 0) is 18.0 Å². The van der Waals surface area contributed by atoms with E-state index in [2.05, 4.69) is 0 Å².